The zero-order chi connectivity index (χ0) is 18.2. The molecule has 2 aliphatic rings. The van der Waals surface area contributed by atoms with Crippen LogP contribution in [0.15, 0.2) is 77.0 Å². The van der Waals surface area contributed by atoms with E-state index in [-0.39, 0.29) is 12.1 Å². The Kier molecular flexibility index (Phi) is 4.01. The first-order valence-electron chi connectivity index (χ1n) is 9.68. The summed E-state index contributed by atoms with van der Waals surface area (Å²) in [4.78, 5) is 0. The Hall–Kier alpha value is -2.94. The lowest BCUT2D eigenvalue weighted by molar-refractivity contribution is 0.475. The molecule has 0 saturated carbocycles. The van der Waals surface area contributed by atoms with Crippen LogP contribution in [0.2, 0.25) is 0 Å². The van der Waals surface area contributed by atoms with Gasteiger partial charge in [-0.2, -0.15) is 10.2 Å². The SMILES string of the molecule is Oc1ccc(-c2ccc3c(c2)C(N=NC2CCc4ccccc42)CC3)cc1. The molecule has 0 spiro atoms. The Morgan fingerprint density at radius 3 is 2.07 bits per heavy atom. The number of aryl methyl sites for hydroxylation is 2. The van der Waals surface area contributed by atoms with Crippen molar-refractivity contribution in [1.82, 2.24) is 0 Å². The molecule has 134 valence electrons. The number of hydrogen-bond acceptors (Lipinski definition) is 3. The average Bonchev–Trinajstić information content (AvgIpc) is 3.30. The number of phenolic OH excluding ortho intramolecular Hbond substituents is 1. The molecule has 3 aromatic carbocycles. The quantitative estimate of drug-likeness (QED) is 0.560. The van der Waals surface area contributed by atoms with E-state index in [4.69, 9.17) is 10.2 Å². The van der Waals surface area contributed by atoms with Gasteiger partial charge in [0.1, 0.15) is 5.75 Å². The van der Waals surface area contributed by atoms with Gasteiger partial charge in [-0.1, -0.05) is 48.5 Å². The minimum atomic E-state index is 0.157. The van der Waals surface area contributed by atoms with Gasteiger partial charge in [0.15, 0.2) is 0 Å². The van der Waals surface area contributed by atoms with E-state index < -0.39 is 0 Å². The summed E-state index contributed by atoms with van der Waals surface area (Å²) >= 11 is 0. The van der Waals surface area contributed by atoms with Crippen molar-refractivity contribution < 1.29 is 5.11 Å². The Morgan fingerprint density at radius 2 is 1.30 bits per heavy atom. The van der Waals surface area contributed by atoms with Crippen LogP contribution in [0.1, 0.15) is 47.2 Å². The highest BCUT2D eigenvalue weighted by Crippen LogP contribution is 2.39. The summed E-state index contributed by atoms with van der Waals surface area (Å²) in [6, 6.07) is 23.0. The zero-order valence-electron chi connectivity index (χ0n) is 15.2. The van der Waals surface area contributed by atoms with Crippen LogP contribution in [0.4, 0.5) is 0 Å². The number of phenols is 1. The molecule has 2 atom stereocenters. The van der Waals surface area contributed by atoms with Crippen molar-refractivity contribution in [2.75, 3.05) is 0 Å². The molecule has 0 heterocycles. The summed E-state index contributed by atoms with van der Waals surface area (Å²) in [5.74, 6) is 0.295. The van der Waals surface area contributed by atoms with E-state index in [1.807, 2.05) is 12.1 Å². The highest BCUT2D eigenvalue weighted by atomic mass is 16.3. The molecule has 0 amide bonds. The molecule has 2 aliphatic carbocycles. The van der Waals surface area contributed by atoms with E-state index in [9.17, 15) is 5.11 Å². The first-order chi connectivity index (χ1) is 13.3. The molecule has 3 nitrogen and oxygen atoms in total. The van der Waals surface area contributed by atoms with Gasteiger partial charge in [-0.3, -0.25) is 0 Å². The first-order valence-corrected chi connectivity index (χ1v) is 9.68. The lowest BCUT2D eigenvalue weighted by Crippen LogP contribution is -1.92. The van der Waals surface area contributed by atoms with Crippen LogP contribution in [0, 0.1) is 0 Å². The van der Waals surface area contributed by atoms with Crippen LogP contribution < -0.4 is 0 Å². The van der Waals surface area contributed by atoms with Gasteiger partial charge in [-0.15, -0.1) is 0 Å². The maximum atomic E-state index is 9.52. The van der Waals surface area contributed by atoms with E-state index >= 15 is 0 Å². The zero-order valence-corrected chi connectivity index (χ0v) is 15.2. The van der Waals surface area contributed by atoms with Gasteiger partial charge in [0, 0.05) is 0 Å². The fourth-order valence-corrected chi connectivity index (χ4v) is 4.35. The topological polar surface area (TPSA) is 45.0 Å². The van der Waals surface area contributed by atoms with Crippen LogP contribution in [-0.4, -0.2) is 5.11 Å². The predicted octanol–water partition coefficient (Wildman–Crippen LogP) is 6.19. The van der Waals surface area contributed by atoms with Crippen molar-refractivity contribution >= 4 is 0 Å². The molecule has 3 aromatic rings. The van der Waals surface area contributed by atoms with Crippen LogP contribution in [0.25, 0.3) is 11.1 Å². The van der Waals surface area contributed by atoms with Crippen molar-refractivity contribution in [3.05, 3.63) is 89.0 Å². The summed E-state index contributed by atoms with van der Waals surface area (Å²) < 4.78 is 0. The van der Waals surface area contributed by atoms with Crippen molar-refractivity contribution in [2.24, 2.45) is 10.2 Å². The number of benzene rings is 3. The number of rotatable bonds is 3. The molecule has 27 heavy (non-hydrogen) atoms. The minimum Gasteiger partial charge on any atom is -0.508 e. The number of nitrogens with zero attached hydrogens (tertiary/aromatic N) is 2. The summed E-state index contributed by atoms with van der Waals surface area (Å²) in [5, 5.41) is 19.0. The summed E-state index contributed by atoms with van der Waals surface area (Å²) in [7, 11) is 0. The highest BCUT2D eigenvalue weighted by molar-refractivity contribution is 5.66. The van der Waals surface area contributed by atoms with Crippen molar-refractivity contribution in [2.45, 2.75) is 37.8 Å². The van der Waals surface area contributed by atoms with Crippen LogP contribution in [-0.2, 0) is 12.8 Å². The highest BCUT2D eigenvalue weighted by Gasteiger charge is 2.25. The third-order valence-electron chi connectivity index (χ3n) is 5.84. The number of azo groups is 1. The van der Waals surface area contributed by atoms with Crippen LogP contribution >= 0.6 is 0 Å². The van der Waals surface area contributed by atoms with Gasteiger partial charge < -0.3 is 5.11 Å². The molecule has 0 saturated heterocycles. The molecule has 2 unspecified atom stereocenters. The van der Waals surface area contributed by atoms with Crippen molar-refractivity contribution in [3.63, 3.8) is 0 Å². The largest absolute Gasteiger partial charge is 0.508 e. The molecular weight excluding hydrogens is 332 g/mol. The number of hydrogen-bond donors (Lipinski definition) is 1. The maximum absolute atomic E-state index is 9.52. The van der Waals surface area contributed by atoms with Crippen molar-refractivity contribution in [1.29, 1.82) is 0 Å². The maximum Gasteiger partial charge on any atom is 0.115 e. The Morgan fingerprint density at radius 1 is 0.667 bits per heavy atom. The third-order valence-corrected chi connectivity index (χ3v) is 5.84. The van der Waals surface area contributed by atoms with Gasteiger partial charge in [0.25, 0.3) is 0 Å². The fourth-order valence-electron chi connectivity index (χ4n) is 4.35. The molecule has 1 N–H and O–H groups in total. The monoisotopic (exact) mass is 354 g/mol. The Labute approximate surface area is 159 Å². The smallest absolute Gasteiger partial charge is 0.115 e. The molecule has 3 heteroatoms. The van der Waals surface area contributed by atoms with Crippen LogP contribution in [0.3, 0.4) is 0 Å². The fraction of sp³-hybridized carbons (Fsp3) is 0.250. The molecule has 0 fully saturated rings. The molecule has 0 aromatic heterocycles. The second kappa shape index (κ2) is 6.66. The van der Waals surface area contributed by atoms with E-state index in [1.165, 1.54) is 27.8 Å². The minimum absolute atomic E-state index is 0.157. The second-order valence-corrected chi connectivity index (χ2v) is 7.50. The van der Waals surface area contributed by atoms with Gasteiger partial charge >= 0.3 is 0 Å². The first kappa shape index (κ1) is 16.2. The van der Waals surface area contributed by atoms with Gasteiger partial charge in [0.05, 0.1) is 12.1 Å². The van der Waals surface area contributed by atoms with Gasteiger partial charge in [0.2, 0.25) is 0 Å². The summed E-state index contributed by atoms with van der Waals surface area (Å²) in [6.45, 7) is 0. The molecule has 5 rings (SSSR count). The predicted molar refractivity (Wildman–Crippen MR) is 107 cm³/mol. The number of fused-ring (bicyclic) bond motifs is 2. The van der Waals surface area contributed by atoms with Crippen molar-refractivity contribution in [3.8, 4) is 16.9 Å². The lowest BCUT2D eigenvalue weighted by Gasteiger charge is -2.10. The second-order valence-electron chi connectivity index (χ2n) is 7.50. The van der Waals surface area contributed by atoms with E-state index in [1.54, 1.807) is 12.1 Å². The molecular formula is C24H22N2O. The van der Waals surface area contributed by atoms with E-state index in [0.29, 0.717) is 5.75 Å². The third kappa shape index (κ3) is 3.03. The summed E-state index contributed by atoms with van der Waals surface area (Å²) in [5.41, 5.74) is 7.73. The van der Waals surface area contributed by atoms with E-state index in [2.05, 4.69) is 42.5 Å². The van der Waals surface area contributed by atoms with E-state index in [0.717, 1.165) is 31.2 Å². The normalized spacial score (nSPS) is 20.7. The standard InChI is InChI=1S/C24H22N2O/c27-20-11-7-16(8-12-20)19-6-5-18-10-14-24(22(18)15-19)26-25-23-13-9-17-3-1-2-4-21(17)23/h1-8,11-12,15,23-24,27H,9-10,13-14H2. The van der Waals surface area contributed by atoms with Crippen LogP contribution in [0.5, 0.6) is 5.75 Å². The lowest BCUT2D eigenvalue weighted by atomic mass is 9.99. The molecule has 0 aliphatic heterocycles. The van der Waals surface area contributed by atoms with Gasteiger partial charge in [-0.25, -0.2) is 0 Å². The number of aromatic hydroxyl groups is 1. The molecule has 0 radical (unpaired) electrons. The Balaban J connectivity index is 1.41. The summed E-state index contributed by atoms with van der Waals surface area (Å²) in [6.07, 6.45) is 4.27. The molecule has 0 bridgehead atoms. The Bertz CT molecular complexity index is 1010. The van der Waals surface area contributed by atoms with Gasteiger partial charge in [-0.05, 0) is 77.3 Å². The average molecular weight is 354 g/mol.